The number of hydrogen-bond donors (Lipinski definition) is 2. The first-order valence-corrected chi connectivity index (χ1v) is 8.00. The Morgan fingerprint density at radius 2 is 2.04 bits per heavy atom. The van der Waals surface area contributed by atoms with Crippen LogP contribution in [-0.2, 0) is 13.1 Å². The zero-order valence-corrected chi connectivity index (χ0v) is 17.1. The van der Waals surface area contributed by atoms with E-state index in [9.17, 15) is 4.39 Å². The number of rotatable bonds is 6. The third-order valence-corrected chi connectivity index (χ3v) is 3.52. The van der Waals surface area contributed by atoms with Crippen LogP contribution in [0.1, 0.15) is 23.6 Å². The van der Waals surface area contributed by atoms with E-state index in [1.165, 1.54) is 18.2 Å². The van der Waals surface area contributed by atoms with Gasteiger partial charge in [0.05, 0.1) is 25.3 Å². The summed E-state index contributed by atoms with van der Waals surface area (Å²) in [7, 11) is 1.62. The summed E-state index contributed by atoms with van der Waals surface area (Å²) in [6, 6.07) is 14.0. The Morgan fingerprint density at radius 1 is 1.23 bits per heavy atom. The molecule has 0 aliphatic heterocycles. The van der Waals surface area contributed by atoms with Crippen molar-refractivity contribution < 1.29 is 9.13 Å². The van der Waals surface area contributed by atoms with Gasteiger partial charge in [0, 0.05) is 18.7 Å². The van der Waals surface area contributed by atoms with Gasteiger partial charge < -0.3 is 15.4 Å². The highest BCUT2D eigenvalue weighted by atomic mass is 127. The van der Waals surface area contributed by atoms with E-state index in [-0.39, 0.29) is 36.3 Å². The Bertz CT molecular complexity index is 789. The lowest BCUT2D eigenvalue weighted by Crippen LogP contribution is -2.37. The van der Waals surface area contributed by atoms with E-state index in [1.807, 2.05) is 37.3 Å². The van der Waals surface area contributed by atoms with E-state index in [0.29, 0.717) is 30.2 Å². The van der Waals surface area contributed by atoms with Crippen molar-refractivity contribution in [1.82, 2.24) is 10.6 Å². The highest BCUT2D eigenvalue weighted by Crippen LogP contribution is 2.13. The molecule has 0 fully saturated rings. The van der Waals surface area contributed by atoms with Crippen LogP contribution in [0.3, 0.4) is 0 Å². The standard InChI is InChI=1S/C19H21FN4O.HI/c1-3-22-19(23-12-15-5-4-6-17(10-15)25-2)24-13-16-9-14(11-21)7-8-18(16)20;/h4-10H,3,12-13H2,1-2H3,(H2,22,23,24);1H. The molecule has 5 nitrogen and oxygen atoms in total. The Morgan fingerprint density at radius 3 is 2.73 bits per heavy atom. The van der Waals surface area contributed by atoms with Gasteiger partial charge >= 0.3 is 0 Å². The summed E-state index contributed by atoms with van der Waals surface area (Å²) < 4.78 is 19.1. The third kappa shape index (κ3) is 6.52. The Labute approximate surface area is 170 Å². The van der Waals surface area contributed by atoms with Crippen LogP contribution in [0.15, 0.2) is 47.5 Å². The van der Waals surface area contributed by atoms with Crippen LogP contribution in [0, 0.1) is 17.1 Å². The maximum atomic E-state index is 13.9. The summed E-state index contributed by atoms with van der Waals surface area (Å²) in [5.74, 6) is 1.00. The van der Waals surface area contributed by atoms with Gasteiger partial charge in [-0.05, 0) is 42.8 Å². The van der Waals surface area contributed by atoms with Gasteiger partial charge in [0.1, 0.15) is 11.6 Å². The molecule has 0 heterocycles. The predicted octanol–water partition coefficient (Wildman–Crippen LogP) is 3.58. The smallest absolute Gasteiger partial charge is 0.191 e. The monoisotopic (exact) mass is 468 g/mol. The average Bonchev–Trinajstić information content (AvgIpc) is 2.65. The lowest BCUT2D eigenvalue weighted by Gasteiger charge is -2.12. The fourth-order valence-electron chi connectivity index (χ4n) is 2.24. The van der Waals surface area contributed by atoms with Crippen LogP contribution in [0.25, 0.3) is 0 Å². The molecule has 138 valence electrons. The minimum Gasteiger partial charge on any atom is -0.497 e. The summed E-state index contributed by atoms with van der Waals surface area (Å²) in [6.45, 7) is 3.35. The zero-order valence-electron chi connectivity index (χ0n) is 14.8. The van der Waals surface area contributed by atoms with Crippen molar-refractivity contribution in [2.75, 3.05) is 13.7 Å². The highest BCUT2D eigenvalue weighted by Gasteiger charge is 2.05. The molecule has 0 amide bonds. The van der Waals surface area contributed by atoms with Gasteiger partial charge in [-0.2, -0.15) is 5.26 Å². The molecule has 0 aromatic heterocycles. The van der Waals surface area contributed by atoms with Crippen LogP contribution in [0.2, 0.25) is 0 Å². The summed E-state index contributed by atoms with van der Waals surface area (Å²) in [4.78, 5) is 4.50. The van der Waals surface area contributed by atoms with E-state index in [1.54, 1.807) is 7.11 Å². The molecular formula is C19H22FIN4O. The summed E-state index contributed by atoms with van der Waals surface area (Å²) in [5, 5.41) is 15.1. The van der Waals surface area contributed by atoms with E-state index in [0.717, 1.165) is 11.3 Å². The SMILES string of the molecule is CCNC(=NCc1cccc(OC)c1)NCc1cc(C#N)ccc1F.I. The van der Waals surface area contributed by atoms with Gasteiger partial charge in [-0.25, -0.2) is 9.38 Å². The van der Waals surface area contributed by atoms with Gasteiger partial charge in [-0.1, -0.05) is 12.1 Å². The quantitative estimate of drug-likeness (QED) is 0.387. The van der Waals surface area contributed by atoms with Crippen molar-refractivity contribution in [3.8, 4) is 11.8 Å². The molecule has 0 bridgehead atoms. The van der Waals surface area contributed by atoms with E-state index < -0.39 is 0 Å². The molecule has 0 spiro atoms. The Hall–Kier alpha value is -2.34. The largest absolute Gasteiger partial charge is 0.497 e. The molecule has 2 aromatic carbocycles. The molecule has 2 N–H and O–H groups in total. The van der Waals surface area contributed by atoms with E-state index >= 15 is 0 Å². The van der Waals surface area contributed by atoms with Crippen molar-refractivity contribution in [3.05, 3.63) is 65.0 Å². The molecule has 0 saturated carbocycles. The lowest BCUT2D eigenvalue weighted by atomic mass is 10.1. The number of benzene rings is 2. The minimum atomic E-state index is -0.352. The molecule has 7 heteroatoms. The summed E-state index contributed by atoms with van der Waals surface area (Å²) in [5.41, 5.74) is 1.86. The van der Waals surface area contributed by atoms with Crippen molar-refractivity contribution in [2.45, 2.75) is 20.0 Å². The second-order valence-corrected chi connectivity index (χ2v) is 5.32. The molecule has 0 radical (unpaired) electrons. The van der Waals surface area contributed by atoms with Gasteiger partial charge in [0.25, 0.3) is 0 Å². The Kier molecular flexibility index (Phi) is 9.44. The fourth-order valence-corrected chi connectivity index (χ4v) is 2.24. The molecular weight excluding hydrogens is 446 g/mol. The van der Waals surface area contributed by atoms with Crippen molar-refractivity contribution in [1.29, 1.82) is 5.26 Å². The molecule has 2 aromatic rings. The fraction of sp³-hybridized carbons (Fsp3) is 0.263. The van der Waals surface area contributed by atoms with Gasteiger partial charge in [0.2, 0.25) is 0 Å². The average molecular weight is 468 g/mol. The first kappa shape index (κ1) is 21.7. The number of aliphatic imine (C=N–C) groups is 1. The van der Waals surface area contributed by atoms with Crippen molar-refractivity contribution in [2.24, 2.45) is 4.99 Å². The maximum absolute atomic E-state index is 13.9. The molecule has 0 unspecified atom stereocenters. The minimum absolute atomic E-state index is 0. The van der Waals surface area contributed by atoms with Gasteiger partial charge in [0.15, 0.2) is 5.96 Å². The summed E-state index contributed by atoms with van der Waals surface area (Å²) in [6.07, 6.45) is 0. The molecule has 0 aliphatic rings. The maximum Gasteiger partial charge on any atom is 0.191 e. The van der Waals surface area contributed by atoms with Crippen LogP contribution in [-0.4, -0.2) is 19.6 Å². The zero-order chi connectivity index (χ0) is 18.1. The lowest BCUT2D eigenvalue weighted by molar-refractivity contribution is 0.414. The number of nitriles is 1. The van der Waals surface area contributed by atoms with Gasteiger partial charge in [-0.15, -0.1) is 24.0 Å². The number of halogens is 2. The normalized spacial score (nSPS) is 10.5. The molecule has 2 rings (SSSR count). The molecule has 0 aliphatic carbocycles. The number of nitrogens with zero attached hydrogens (tertiary/aromatic N) is 2. The number of ether oxygens (including phenoxy) is 1. The Balaban J connectivity index is 0.00000338. The first-order valence-electron chi connectivity index (χ1n) is 8.00. The number of methoxy groups -OCH3 is 1. The van der Waals surface area contributed by atoms with Crippen LogP contribution >= 0.6 is 24.0 Å². The molecule has 0 atom stereocenters. The van der Waals surface area contributed by atoms with Crippen LogP contribution in [0.4, 0.5) is 4.39 Å². The number of hydrogen-bond acceptors (Lipinski definition) is 3. The van der Waals surface area contributed by atoms with Gasteiger partial charge in [-0.3, -0.25) is 0 Å². The highest BCUT2D eigenvalue weighted by molar-refractivity contribution is 14.0. The predicted molar refractivity (Wildman–Crippen MR) is 111 cm³/mol. The van der Waals surface area contributed by atoms with Crippen LogP contribution < -0.4 is 15.4 Å². The third-order valence-electron chi connectivity index (χ3n) is 3.52. The number of guanidine groups is 1. The first-order chi connectivity index (χ1) is 12.2. The number of nitrogens with one attached hydrogen (secondary N) is 2. The van der Waals surface area contributed by atoms with Crippen molar-refractivity contribution in [3.63, 3.8) is 0 Å². The second-order valence-electron chi connectivity index (χ2n) is 5.32. The topological polar surface area (TPSA) is 69.4 Å². The molecule has 0 saturated heterocycles. The van der Waals surface area contributed by atoms with Crippen molar-refractivity contribution >= 4 is 29.9 Å². The van der Waals surface area contributed by atoms with Crippen LogP contribution in [0.5, 0.6) is 5.75 Å². The molecule has 26 heavy (non-hydrogen) atoms. The summed E-state index contributed by atoms with van der Waals surface area (Å²) >= 11 is 0. The van der Waals surface area contributed by atoms with E-state index in [4.69, 9.17) is 10.00 Å². The van der Waals surface area contributed by atoms with E-state index in [2.05, 4.69) is 15.6 Å². The second kappa shape index (κ2) is 11.3.